The lowest BCUT2D eigenvalue weighted by molar-refractivity contribution is 0.0969. The lowest BCUT2D eigenvalue weighted by Crippen LogP contribution is -2.55. The van der Waals surface area contributed by atoms with Gasteiger partial charge in [0.25, 0.3) is 0 Å². The molecule has 35 heavy (non-hydrogen) atoms. The number of hydrogen-bond donors (Lipinski definition) is 1. The Balaban J connectivity index is 1.06. The smallest absolute Gasteiger partial charge is 0.317 e. The highest BCUT2D eigenvalue weighted by Crippen LogP contribution is 2.23. The Hall–Kier alpha value is -3.23. The molecule has 0 saturated carbocycles. The van der Waals surface area contributed by atoms with Gasteiger partial charge in [-0.2, -0.15) is 4.98 Å². The van der Waals surface area contributed by atoms with Crippen LogP contribution in [0.4, 0.5) is 4.79 Å². The fraction of sp³-hybridized carbons (Fsp3) is 0.444. The molecule has 2 saturated heterocycles. The van der Waals surface area contributed by atoms with Crippen molar-refractivity contribution < 1.29 is 9.32 Å². The summed E-state index contributed by atoms with van der Waals surface area (Å²) in [4.78, 5) is 24.2. The van der Waals surface area contributed by atoms with E-state index in [-0.39, 0.29) is 18.1 Å². The van der Waals surface area contributed by atoms with Gasteiger partial charge in [0.15, 0.2) is 0 Å². The van der Waals surface area contributed by atoms with Crippen LogP contribution < -0.4 is 5.32 Å². The van der Waals surface area contributed by atoms with E-state index in [2.05, 4.69) is 62.5 Å². The normalized spacial score (nSPS) is 18.9. The van der Waals surface area contributed by atoms with E-state index in [1.807, 2.05) is 35.2 Å². The van der Waals surface area contributed by atoms with Crippen molar-refractivity contribution in [2.24, 2.45) is 0 Å². The van der Waals surface area contributed by atoms with E-state index < -0.39 is 0 Å². The van der Waals surface area contributed by atoms with Crippen LogP contribution in [0.1, 0.15) is 37.3 Å². The number of piperazine rings is 1. The third-order valence-electron chi connectivity index (χ3n) is 7.14. The number of carbonyl (C=O) groups is 1. The van der Waals surface area contributed by atoms with Gasteiger partial charge in [0.05, 0.1) is 6.04 Å². The summed E-state index contributed by atoms with van der Waals surface area (Å²) < 4.78 is 5.56. The Bertz CT molecular complexity index is 1070. The molecule has 3 heterocycles. The molecular formula is C27H34N6O2. The maximum Gasteiger partial charge on any atom is 0.317 e. The molecule has 0 spiro atoms. The first-order chi connectivity index (χ1) is 17.2. The van der Waals surface area contributed by atoms with E-state index in [4.69, 9.17) is 4.52 Å². The summed E-state index contributed by atoms with van der Waals surface area (Å²) in [5.74, 6) is 1.23. The molecule has 8 nitrogen and oxygen atoms in total. The second-order valence-corrected chi connectivity index (χ2v) is 9.51. The van der Waals surface area contributed by atoms with Crippen LogP contribution in [0.15, 0.2) is 65.2 Å². The molecule has 3 aromatic rings. The number of nitrogens with one attached hydrogen (secondary N) is 1. The highest BCUT2D eigenvalue weighted by molar-refractivity contribution is 5.74. The van der Waals surface area contributed by atoms with Crippen LogP contribution in [0.2, 0.25) is 0 Å². The van der Waals surface area contributed by atoms with Gasteiger partial charge in [0.1, 0.15) is 0 Å². The Labute approximate surface area is 206 Å². The van der Waals surface area contributed by atoms with Gasteiger partial charge >= 0.3 is 6.03 Å². The van der Waals surface area contributed by atoms with Gasteiger partial charge in [-0.1, -0.05) is 65.8 Å². The molecule has 1 N–H and O–H groups in total. The molecule has 0 unspecified atom stereocenters. The van der Waals surface area contributed by atoms with Crippen molar-refractivity contribution in [3.63, 3.8) is 0 Å². The zero-order valence-electron chi connectivity index (χ0n) is 20.3. The molecule has 2 aromatic carbocycles. The predicted molar refractivity (Wildman–Crippen MR) is 135 cm³/mol. The van der Waals surface area contributed by atoms with Crippen molar-refractivity contribution in [3.05, 3.63) is 72.1 Å². The summed E-state index contributed by atoms with van der Waals surface area (Å²) >= 11 is 0. The highest BCUT2D eigenvalue weighted by Gasteiger charge is 2.29. The predicted octanol–water partition coefficient (Wildman–Crippen LogP) is 3.79. The third kappa shape index (κ3) is 5.89. The third-order valence-corrected chi connectivity index (χ3v) is 7.14. The van der Waals surface area contributed by atoms with Gasteiger partial charge in [0.2, 0.25) is 11.7 Å². The SMILES string of the molecule is C[C@H](c1nc(-c2ccccc2)no1)N1CCN(C(=O)NC2CCN(Cc3ccccc3)CC2)CC1. The number of nitrogens with zero attached hydrogens (tertiary/aromatic N) is 5. The summed E-state index contributed by atoms with van der Waals surface area (Å²) in [6, 6.07) is 20.8. The Morgan fingerprint density at radius 3 is 2.31 bits per heavy atom. The number of piperidine rings is 1. The Morgan fingerprint density at radius 1 is 0.971 bits per heavy atom. The molecule has 184 valence electrons. The standard InChI is InChI=1S/C27H34N6O2/c1-21(26-29-25(30-35-26)23-10-6-3-7-11-23)32-16-18-33(19-17-32)27(34)28-24-12-14-31(15-13-24)20-22-8-4-2-5-9-22/h2-11,21,24H,12-20H2,1H3,(H,28,34)/t21-/m1/s1. The molecule has 8 heteroatoms. The van der Waals surface area contributed by atoms with Gasteiger partial charge in [0, 0.05) is 57.4 Å². The first-order valence-corrected chi connectivity index (χ1v) is 12.6. The average molecular weight is 475 g/mol. The van der Waals surface area contributed by atoms with Gasteiger partial charge in [-0.25, -0.2) is 4.79 Å². The minimum absolute atomic E-state index is 0.0131. The van der Waals surface area contributed by atoms with Crippen molar-refractivity contribution in [3.8, 4) is 11.4 Å². The molecule has 0 aliphatic carbocycles. The minimum atomic E-state index is 0.0131. The van der Waals surface area contributed by atoms with Crippen molar-refractivity contribution in [1.29, 1.82) is 0 Å². The average Bonchev–Trinajstić information content (AvgIpc) is 3.41. The van der Waals surface area contributed by atoms with Gasteiger partial charge in [-0.3, -0.25) is 9.80 Å². The lowest BCUT2D eigenvalue weighted by Gasteiger charge is -2.38. The van der Waals surface area contributed by atoms with E-state index in [0.29, 0.717) is 24.8 Å². The van der Waals surface area contributed by atoms with Crippen molar-refractivity contribution >= 4 is 6.03 Å². The summed E-state index contributed by atoms with van der Waals surface area (Å²) in [5.41, 5.74) is 2.29. The Morgan fingerprint density at radius 2 is 1.63 bits per heavy atom. The van der Waals surface area contributed by atoms with Gasteiger partial charge in [-0.15, -0.1) is 0 Å². The molecule has 2 aliphatic rings. The van der Waals surface area contributed by atoms with Crippen molar-refractivity contribution in [2.75, 3.05) is 39.3 Å². The summed E-state index contributed by atoms with van der Waals surface area (Å²) in [6.45, 7) is 8.06. The molecule has 2 aliphatic heterocycles. The molecular weight excluding hydrogens is 440 g/mol. The second-order valence-electron chi connectivity index (χ2n) is 9.51. The number of benzene rings is 2. The van der Waals surface area contributed by atoms with Crippen LogP contribution in [-0.2, 0) is 6.54 Å². The molecule has 0 radical (unpaired) electrons. The van der Waals surface area contributed by atoms with Crippen LogP contribution in [0.25, 0.3) is 11.4 Å². The molecule has 2 fully saturated rings. The number of carbonyl (C=O) groups excluding carboxylic acids is 1. The molecule has 1 atom stereocenters. The lowest BCUT2D eigenvalue weighted by atomic mass is 10.0. The monoisotopic (exact) mass is 474 g/mol. The van der Waals surface area contributed by atoms with E-state index in [0.717, 1.165) is 51.1 Å². The fourth-order valence-corrected chi connectivity index (χ4v) is 4.92. The minimum Gasteiger partial charge on any atom is -0.337 e. The number of rotatable bonds is 6. The largest absolute Gasteiger partial charge is 0.337 e. The topological polar surface area (TPSA) is 77.7 Å². The van der Waals surface area contributed by atoms with Crippen LogP contribution in [0.5, 0.6) is 0 Å². The first-order valence-electron chi connectivity index (χ1n) is 12.6. The quantitative estimate of drug-likeness (QED) is 0.586. The summed E-state index contributed by atoms with van der Waals surface area (Å²) in [7, 11) is 0. The number of aromatic nitrogens is 2. The first kappa shape index (κ1) is 23.5. The van der Waals surface area contributed by atoms with Crippen LogP contribution in [0, 0.1) is 0 Å². The molecule has 0 bridgehead atoms. The zero-order valence-corrected chi connectivity index (χ0v) is 20.3. The number of amides is 2. The fourth-order valence-electron chi connectivity index (χ4n) is 4.92. The van der Waals surface area contributed by atoms with Crippen LogP contribution in [0.3, 0.4) is 0 Å². The molecule has 1 aromatic heterocycles. The van der Waals surface area contributed by atoms with Gasteiger partial charge in [-0.05, 0) is 25.3 Å². The van der Waals surface area contributed by atoms with E-state index >= 15 is 0 Å². The maximum atomic E-state index is 12.9. The molecule has 2 amide bonds. The van der Waals surface area contributed by atoms with E-state index in [9.17, 15) is 4.79 Å². The van der Waals surface area contributed by atoms with Crippen LogP contribution in [-0.4, -0.2) is 76.2 Å². The molecule has 5 rings (SSSR count). The number of urea groups is 1. The summed E-state index contributed by atoms with van der Waals surface area (Å²) in [6.07, 6.45) is 1.99. The van der Waals surface area contributed by atoms with Gasteiger partial charge < -0.3 is 14.7 Å². The zero-order chi connectivity index (χ0) is 24.0. The van der Waals surface area contributed by atoms with Crippen molar-refractivity contribution in [1.82, 2.24) is 30.2 Å². The van der Waals surface area contributed by atoms with E-state index in [1.165, 1.54) is 5.56 Å². The second kappa shape index (κ2) is 11.0. The maximum absolute atomic E-state index is 12.9. The Kier molecular flexibility index (Phi) is 7.39. The van der Waals surface area contributed by atoms with Crippen molar-refractivity contribution in [2.45, 2.75) is 38.4 Å². The highest BCUT2D eigenvalue weighted by atomic mass is 16.5. The number of hydrogen-bond acceptors (Lipinski definition) is 6. The van der Waals surface area contributed by atoms with E-state index in [1.54, 1.807) is 0 Å². The van der Waals surface area contributed by atoms with Crippen LogP contribution >= 0.6 is 0 Å². The number of likely N-dealkylation sites (tertiary alicyclic amines) is 1. The summed E-state index contributed by atoms with van der Waals surface area (Å²) in [5, 5.41) is 7.42.